The predicted molar refractivity (Wildman–Crippen MR) is 89.5 cm³/mol. The molecule has 1 heterocycles. The van der Waals surface area contributed by atoms with Gasteiger partial charge in [-0.15, -0.1) is 0 Å². The molecular formula is C16H21N3O5. The first-order valence-electron chi connectivity index (χ1n) is 7.61. The van der Waals surface area contributed by atoms with Crippen molar-refractivity contribution in [2.24, 2.45) is 0 Å². The number of ether oxygens (including phenoxy) is 2. The van der Waals surface area contributed by atoms with Crippen LogP contribution in [0.15, 0.2) is 27.8 Å². The summed E-state index contributed by atoms with van der Waals surface area (Å²) in [6.45, 7) is 1.48. The third kappa shape index (κ3) is 4.09. The van der Waals surface area contributed by atoms with Crippen molar-refractivity contribution in [3.63, 3.8) is 0 Å². The van der Waals surface area contributed by atoms with Gasteiger partial charge in [-0.25, -0.2) is 4.79 Å². The van der Waals surface area contributed by atoms with Gasteiger partial charge in [0.1, 0.15) is 0 Å². The number of carbonyl (C=O) groups is 1. The second-order valence-corrected chi connectivity index (χ2v) is 5.24. The number of nitrogens with zero attached hydrogens (tertiary/aromatic N) is 1. The highest BCUT2D eigenvalue weighted by molar-refractivity contribution is 5.97. The van der Waals surface area contributed by atoms with Gasteiger partial charge in [-0.2, -0.15) is 0 Å². The van der Waals surface area contributed by atoms with E-state index in [0.29, 0.717) is 36.0 Å². The molecule has 1 aromatic heterocycles. The Morgan fingerprint density at radius 3 is 2.67 bits per heavy atom. The Balaban J connectivity index is 2.27. The smallest absolute Gasteiger partial charge is 0.328 e. The van der Waals surface area contributed by atoms with Gasteiger partial charge in [0.2, 0.25) is 0 Å². The molecule has 0 saturated carbocycles. The van der Waals surface area contributed by atoms with E-state index in [-0.39, 0.29) is 19.1 Å². The summed E-state index contributed by atoms with van der Waals surface area (Å²) < 4.78 is 10.9. The molecule has 0 aliphatic heterocycles. The largest absolute Gasteiger partial charge is 0.385 e. The molecule has 0 bridgehead atoms. The lowest BCUT2D eigenvalue weighted by atomic mass is 10.1. The molecule has 130 valence electrons. The van der Waals surface area contributed by atoms with Gasteiger partial charge in [0, 0.05) is 32.9 Å². The Bertz CT molecular complexity index is 825. The Labute approximate surface area is 138 Å². The van der Waals surface area contributed by atoms with Crippen LogP contribution in [0.4, 0.5) is 0 Å². The minimum absolute atomic E-state index is 0.169. The van der Waals surface area contributed by atoms with Crippen LogP contribution in [0.2, 0.25) is 0 Å². The molecule has 1 amide bonds. The summed E-state index contributed by atoms with van der Waals surface area (Å²) in [5, 5.41) is 3.10. The Hall–Kier alpha value is -2.45. The molecule has 2 rings (SSSR count). The van der Waals surface area contributed by atoms with Gasteiger partial charge < -0.3 is 19.8 Å². The maximum Gasteiger partial charge on any atom is 0.328 e. The van der Waals surface area contributed by atoms with Gasteiger partial charge in [0.05, 0.1) is 24.1 Å². The van der Waals surface area contributed by atoms with E-state index >= 15 is 0 Å². The van der Waals surface area contributed by atoms with Crippen molar-refractivity contribution < 1.29 is 14.3 Å². The van der Waals surface area contributed by atoms with Crippen LogP contribution in [0.1, 0.15) is 16.8 Å². The Morgan fingerprint density at radius 2 is 1.96 bits per heavy atom. The number of aromatic amines is 1. The Morgan fingerprint density at radius 1 is 1.21 bits per heavy atom. The van der Waals surface area contributed by atoms with E-state index in [4.69, 9.17) is 9.47 Å². The van der Waals surface area contributed by atoms with E-state index in [1.807, 2.05) is 0 Å². The minimum Gasteiger partial charge on any atom is -0.385 e. The molecule has 0 radical (unpaired) electrons. The highest BCUT2D eigenvalue weighted by atomic mass is 16.5. The van der Waals surface area contributed by atoms with Gasteiger partial charge in [-0.05, 0) is 24.6 Å². The molecule has 8 heteroatoms. The summed E-state index contributed by atoms with van der Waals surface area (Å²) in [7, 11) is 3.10. The number of H-pyrrole nitrogens is 1. The molecule has 0 fully saturated rings. The molecule has 2 aromatic rings. The van der Waals surface area contributed by atoms with Crippen molar-refractivity contribution in [3.8, 4) is 0 Å². The summed E-state index contributed by atoms with van der Waals surface area (Å²) in [4.78, 5) is 39.1. The number of benzene rings is 1. The van der Waals surface area contributed by atoms with Gasteiger partial charge in [0.15, 0.2) is 0 Å². The highest BCUT2D eigenvalue weighted by Crippen LogP contribution is 2.09. The number of rotatable bonds is 8. The van der Waals surface area contributed by atoms with Crippen molar-refractivity contribution in [2.45, 2.75) is 13.0 Å². The topological polar surface area (TPSA) is 102 Å². The van der Waals surface area contributed by atoms with Crippen LogP contribution < -0.4 is 16.6 Å². The average molecular weight is 335 g/mol. The molecule has 0 spiro atoms. The van der Waals surface area contributed by atoms with Crippen LogP contribution in [0.25, 0.3) is 10.9 Å². The molecule has 8 nitrogen and oxygen atoms in total. The normalized spacial score (nSPS) is 10.9. The van der Waals surface area contributed by atoms with Crippen LogP contribution in [0.3, 0.4) is 0 Å². The molecule has 0 unspecified atom stereocenters. The number of fused-ring (bicyclic) bond motifs is 1. The van der Waals surface area contributed by atoms with Gasteiger partial charge in [0.25, 0.3) is 11.5 Å². The fourth-order valence-electron chi connectivity index (χ4n) is 2.30. The number of hydrogen-bond donors (Lipinski definition) is 2. The zero-order chi connectivity index (χ0) is 17.5. The molecule has 2 N–H and O–H groups in total. The number of amides is 1. The van der Waals surface area contributed by atoms with E-state index < -0.39 is 11.2 Å². The zero-order valence-corrected chi connectivity index (χ0v) is 13.8. The van der Waals surface area contributed by atoms with Crippen LogP contribution in [0.5, 0.6) is 0 Å². The third-order valence-electron chi connectivity index (χ3n) is 3.57. The van der Waals surface area contributed by atoms with Crippen LogP contribution in [-0.2, 0) is 16.0 Å². The first-order valence-corrected chi connectivity index (χ1v) is 7.61. The van der Waals surface area contributed by atoms with E-state index in [1.54, 1.807) is 19.2 Å². The lowest BCUT2D eigenvalue weighted by molar-refractivity contribution is 0.0948. The third-order valence-corrected chi connectivity index (χ3v) is 3.57. The number of nitrogens with one attached hydrogen (secondary N) is 2. The number of carbonyl (C=O) groups excluding carboxylic acids is 1. The molecular weight excluding hydrogens is 314 g/mol. The van der Waals surface area contributed by atoms with Crippen LogP contribution >= 0.6 is 0 Å². The van der Waals surface area contributed by atoms with E-state index in [9.17, 15) is 14.4 Å². The van der Waals surface area contributed by atoms with E-state index in [1.165, 1.54) is 13.2 Å². The summed E-state index contributed by atoms with van der Waals surface area (Å²) in [6, 6.07) is 4.61. The first-order chi connectivity index (χ1) is 11.6. The van der Waals surface area contributed by atoms with Crippen LogP contribution in [-0.4, -0.2) is 49.4 Å². The fraction of sp³-hybridized carbons (Fsp3) is 0.438. The zero-order valence-electron chi connectivity index (χ0n) is 13.8. The fourth-order valence-corrected chi connectivity index (χ4v) is 2.30. The molecule has 1 aromatic carbocycles. The Kier molecular flexibility index (Phi) is 6.28. The second kappa shape index (κ2) is 8.42. The molecule has 0 atom stereocenters. The maximum absolute atomic E-state index is 12.4. The summed E-state index contributed by atoms with van der Waals surface area (Å²) in [5.74, 6) is -0.266. The molecule has 0 aliphatic carbocycles. The summed E-state index contributed by atoms with van der Waals surface area (Å²) >= 11 is 0. The monoisotopic (exact) mass is 335 g/mol. The summed E-state index contributed by atoms with van der Waals surface area (Å²) in [5.41, 5.74) is -0.215. The predicted octanol–water partition coefficient (Wildman–Crippen LogP) is 0.103. The SMILES string of the molecule is COCCCNC(=O)c1ccc2c(=O)n(CCOC)c(=O)[nH]c2c1. The maximum atomic E-state index is 12.4. The van der Waals surface area contributed by atoms with Crippen molar-refractivity contribution >= 4 is 16.8 Å². The first kappa shape index (κ1) is 17.9. The molecule has 0 saturated heterocycles. The van der Waals surface area contributed by atoms with Gasteiger partial charge >= 0.3 is 5.69 Å². The highest BCUT2D eigenvalue weighted by Gasteiger charge is 2.11. The van der Waals surface area contributed by atoms with E-state index in [2.05, 4.69) is 10.3 Å². The number of aromatic nitrogens is 2. The summed E-state index contributed by atoms with van der Waals surface area (Å²) in [6.07, 6.45) is 0.705. The minimum atomic E-state index is -0.526. The lowest BCUT2D eigenvalue weighted by Gasteiger charge is -2.08. The van der Waals surface area contributed by atoms with Crippen molar-refractivity contribution in [3.05, 3.63) is 44.6 Å². The van der Waals surface area contributed by atoms with Gasteiger partial charge in [-0.3, -0.25) is 14.2 Å². The standard InChI is InChI=1S/C16H21N3O5/c1-23-8-3-6-17-14(20)11-4-5-12-13(10-11)18-16(22)19(15(12)21)7-9-24-2/h4-5,10H,3,6-9H2,1-2H3,(H,17,20)(H,18,22). The van der Waals surface area contributed by atoms with Crippen LogP contribution in [0, 0.1) is 0 Å². The van der Waals surface area contributed by atoms with Crippen molar-refractivity contribution in [1.82, 2.24) is 14.9 Å². The lowest BCUT2D eigenvalue weighted by Crippen LogP contribution is -2.36. The quantitative estimate of drug-likeness (QED) is 0.666. The number of methoxy groups -OCH3 is 2. The average Bonchev–Trinajstić information content (AvgIpc) is 2.58. The second-order valence-electron chi connectivity index (χ2n) is 5.24. The number of hydrogen-bond acceptors (Lipinski definition) is 5. The van der Waals surface area contributed by atoms with Crippen molar-refractivity contribution in [2.75, 3.05) is 34.0 Å². The molecule has 24 heavy (non-hydrogen) atoms. The van der Waals surface area contributed by atoms with Gasteiger partial charge in [-0.1, -0.05) is 0 Å². The van der Waals surface area contributed by atoms with E-state index in [0.717, 1.165) is 4.57 Å². The molecule has 0 aliphatic rings. The van der Waals surface area contributed by atoms with Crippen molar-refractivity contribution in [1.29, 1.82) is 0 Å².